The van der Waals surface area contributed by atoms with Gasteiger partial charge in [-0.25, -0.2) is 13.4 Å². The van der Waals surface area contributed by atoms with Crippen molar-refractivity contribution in [3.63, 3.8) is 0 Å². The molecule has 1 aromatic rings. The van der Waals surface area contributed by atoms with Crippen LogP contribution in [0.1, 0.15) is 25.1 Å². The second-order valence-electron chi connectivity index (χ2n) is 4.53. The van der Waals surface area contributed by atoms with Gasteiger partial charge in [-0.15, -0.1) is 0 Å². The van der Waals surface area contributed by atoms with Gasteiger partial charge in [0.25, 0.3) is 9.05 Å². The summed E-state index contributed by atoms with van der Waals surface area (Å²) >= 11 is 0. The van der Waals surface area contributed by atoms with E-state index in [1.54, 1.807) is 11.5 Å². The van der Waals surface area contributed by atoms with Gasteiger partial charge >= 0.3 is 0 Å². The summed E-state index contributed by atoms with van der Waals surface area (Å²) in [5.41, 5.74) is 0.00749. The van der Waals surface area contributed by atoms with E-state index in [9.17, 15) is 8.42 Å². The minimum Gasteiger partial charge on any atom is -0.333 e. The molecular formula is C10H12ClN3O2S. The van der Waals surface area contributed by atoms with Gasteiger partial charge in [-0.05, 0) is 19.8 Å². The Bertz CT molecular complexity index is 581. The Morgan fingerprint density at radius 1 is 1.65 bits per heavy atom. The molecule has 1 aliphatic carbocycles. The third-order valence-electron chi connectivity index (χ3n) is 3.12. The SMILES string of the molecule is Cc1nc(S(=O)(=O)Cl)cn1CC1(CC#N)CC1. The lowest BCUT2D eigenvalue weighted by Gasteiger charge is -2.12. The van der Waals surface area contributed by atoms with Crippen LogP contribution in [-0.2, 0) is 15.6 Å². The van der Waals surface area contributed by atoms with Crippen molar-refractivity contribution in [1.82, 2.24) is 9.55 Å². The molecule has 0 aliphatic heterocycles. The molecule has 17 heavy (non-hydrogen) atoms. The molecule has 2 rings (SSSR count). The zero-order valence-corrected chi connectivity index (χ0v) is 10.9. The first-order valence-electron chi connectivity index (χ1n) is 5.22. The number of nitriles is 1. The van der Waals surface area contributed by atoms with Crippen molar-refractivity contribution < 1.29 is 8.42 Å². The predicted octanol–water partition coefficient (Wildman–Crippen LogP) is 1.81. The number of aromatic nitrogens is 2. The molecule has 0 unspecified atom stereocenters. The van der Waals surface area contributed by atoms with Gasteiger partial charge in [0, 0.05) is 35.3 Å². The van der Waals surface area contributed by atoms with Crippen LogP contribution in [0.2, 0.25) is 0 Å². The number of aryl methyl sites for hydroxylation is 1. The van der Waals surface area contributed by atoms with Crippen molar-refractivity contribution in [2.75, 3.05) is 0 Å². The average Bonchev–Trinajstić information content (AvgIpc) is 2.84. The van der Waals surface area contributed by atoms with Crippen molar-refractivity contribution in [2.24, 2.45) is 5.41 Å². The van der Waals surface area contributed by atoms with E-state index in [0.717, 1.165) is 12.8 Å². The highest BCUT2D eigenvalue weighted by Gasteiger charge is 2.43. The van der Waals surface area contributed by atoms with Gasteiger partial charge in [0.2, 0.25) is 0 Å². The normalized spacial score (nSPS) is 17.7. The summed E-state index contributed by atoms with van der Waals surface area (Å²) < 4.78 is 24.0. The fourth-order valence-corrected chi connectivity index (χ4v) is 2.57. The number of nitrogens with zero attached hydrogens (tertiary/aromatic N) is 3. The smallest absolute Gasteiger partial charge is 0.280 e. The minimum absolute atomic E-state index is 0.00749. The van der Waals surface area contributed by atoms with E-state index in [4.69, 9.17) is 15.9 Å². The molecule has 1 heterocycles. The number of rotatable bonds is 4. The van der Waals surface area contributed by atoms with E-state index in [1.807, 2.05) is 0 Å². The number of hydrogen-bond acceptors (Lipinski definition) is 4. The van der Waals surface area contributed by atoms with Crippen LogP contribution in [0.25, 0.3) is 0 Å². The van der Waals surface area contributed by atoms with Crippen molar-refractivity contribution >= 4 is 19.7 Å². The lowest BCUT2D eigenvalue weighted by molar-refractivity contribution is 0.425. The summed E-state index contributed by atoms with van der Waals surface area (Å²) in [5, 5.41) is 8.61. The molecule has 0 spiro atoms. The van der Waals surface area contributed by atoms with Gasteiger partial charge in [-0.1, -0.05) is 0 Å². The summed E-state index contributed by atoms with van der Waals surface area (Å²) in [6, 6.07) is 2.17. The van der Waals surface area contributed by atoms with Gasteiger partial charge in [0.1, 0.15) is 5.82 Å². The van der Waals surface area contributed by atoms with Crippen LogP contribution in [0.15, 0.2) is 11.2 Å². The zero-order chi connectivity index (χ0) is 12.7. The highest BCUT2D eigenvalue weighted by atomic mass is 35.7. The monoisotopic (exact) mass is 273 g/mol. The first kappa shape index (κ1) is 12.4. The fourth-order valence-electron chi connectivity index (χ4n) is 1.85. The first-order chi connectivity index (χ1) is 7.86. The van der Waals surface area contributed by atoms with Crippen LogP contribution in [0.5, 0.6) is 0 Å². The third-order valence-corrected chi connectivity index (χ3v) is 4.29. The van der Waals surface area contributed by atoms with E-state index in [1.165, 1.54) is 6.20 Å². The summed E-state index contributed by atoms with van der Waals surface area (Å²) in [5.74, 6) is 0.605. The lowest BCUT2D eigenvalue weighted by Crippen LogP contribution is -2.11. The molecule has 0 radical (unpaired) electrons. The Morgan fingerprint density at radius 2 is 2.29 bits per heavy atom. The maximum absolute atomic E-state index is 11.1. The van der Waals surface area contributed by atoms with Gasteiger partial charge in [-0.2, -0.15) is 5.26 Å². The Morgan fingerprint density at radius 3 is 2.71 bits per heavy atom. The maximum Gasteiger partial charge on any atom is 0.280 e. The van der Waals surface area contributed by atoms with E-state index < -0.39 is 9.05 Å². The second-order valence-corrected chi connectivity index (χ2v) is 7.04. The average molecular weight is 274 g/mol. The van der Waals surface area contributed by atoms with Crippen LogP contribution in [0, 0.1) is 23.7 Å². The maximum atomic E-state index is 11.1. The highest BCUT2D eigenvalue weighted by molar-refractivity contribution is 8.13. The van der Waals surface area contributed by atoms with Crippen LogP contribution >= 0.6 is 10.7 Å². The standard InChI is InChI=1S/C10H12ClN3O2S/c1-8-13-9(17(11,15)16)6-14(8)7-10(2-3-10)4-5-12/h6H,2-4,7H2,1H3. The summed E-state index contributed by atoms with van der Waals surface area (Å²) in [6.07, 6.45) is 3.94. The fraction of sp³-hybridized carbons (Fsp3) is 0.600. The molecule has 0 bridgehead atoms. The number of hydrogen-bond donors (Lipinski definition) is 0. The molecule has 0 amide bonds. The van der Waals surface area contributed by atoms with Crippen molar-refractivity contribution in [1.29, 1.82) is 5.26 Å². The molecule has 0 saturated heterocycles. The second kappa shape index (κ2) is 4.00. The molecule has 0 N–H and O–H groups in total. The molecule has 7 heteroatoms. The number of halogens is 1. The minimum atomic E-state index is -3.78. The lowest BCUT2D eigenvalue weighted by atomic mass is 10.0. The van der Waals surface area contributed by atoms with Crippen LogP contribution in [0.3, 0.4) is 0 Å². The predicted molar refractivity (Wildman–Crippen MR) is 61.9 cm³/mol. The van der Waals surface area contributed by atoms with Crippen LogP contribution in [-0.4, -0.2) is 18.0 Å². The first-order valence-corrected chi connectivity index (χ1v) is 7.53. The topological polar surface area (TPSA) is 75.8 Å². The Balaban J connectivity index is 2.24. The van der Waals surface area contributed by atoms with E-state index in [0.29, 0.717) is 18.8 Å². The quantitative estimate of drug-likeness (QED) is 0.784. The molecule has 0 atom stereocenters. The van der Waals surface area contributed by atoms with Crippen molar-refractivity contribution in [3.8, 4) is 6.07 Å². The third kappa shape index (κ3) is 2.61. The summed E-state index contributed by atoms with van der Waals surface area (Å²) in [6.45, 7) is 2.36. The molecule has 92 valence electrons. The van der Waals surface area contributed by atoms with Gasteiger partial charge < -0.3 is 4.57 Å². The molecule has 0 aromatic carbocycles. The largest absolute Gasteiger partial charge is 0.333 e. The number of imidazole rings is 1. The van der Waals surface area contributed by atoms with E-state index >= 15 is 0 Å². The molecular weight excluding hydrogens is 262 g/mol. The van der Waals surface area contributed by atoms with Crippen LogP contribution < -0.4 is 0 Å². The molecule has 5 nitrogen and oxygen atoms in total. The Kier molecular flexibility index (Phi) is 2.92. The van der Waals surface area contributed by atoms with E-state index in [2.05, 4.69) is 11.1 Å². The van der Waals surface area contributed by atoms with Crippen molar-refractivity contribution in [2.45, 2.75) is 37.8 Å². The molecule has 1 aromatic heterocycles. The summed E-state index contributed by atoms with van der Waals surface area (Å²) in [7, 11) is 1.46. The molecule has 1 saturated carbocycles. The zero-order valence-electron chi connectivity index (χ0n) is 9.35. The van der Waals surface area contributed by atoms with Gasteiger partial charge in [-0.3, -0.25) is 0 Å². The highest BCUT2D eigenvalue weighted by Crippen LogP contribution is 2.50. The molecule has 1 aliphatic rings. The Hall–Kier alpha value is -1.06. The van der Waals surface area contributed by atoms with Gasteiger partial charge in [0.05, 0.1) is 6.07 Å². The molecule has 1 fully saturated rings. The van der Waals surface area contributed by atoms with E-state index in [-0.39, 0.29) is 10.4 Å². The summed E-state index contributed by atoms with van der Waals surface area (Å²) in [4.78, 5) is 3.91. The Labute approximate surface area is 104 Å². The van der Waals surface area contributed by atoms with Crippen molar-refractivity contribution in [3.05, 3.63) is 12.0 Å². The van der Waals surface area contributed by atoms with Gasteiger partial charge in [0.15, 0.2) is 5.03 Å². The van der Waals surface area contributed by atoms with Crippen LogP contribution in [0.4, 0.5) is 0 Å².